The summed E-state index contributed by atoms with van der Waals surface area (Å²) in [6.07, 6.45) is 3.63. The lowest BCUT2D eigenvalue weighted by atomic mass is 10.2. The van der Waals surface area contributed by atoms with E-state index in [0.717, 1.165) is 18.9 Å². The van der Waals surface area contributed by atoms with Gasteiger partial charge in [0.05, 0.1) is 9.95 Å². The van der Waals surface area contributed by atoms with E-state index in [0.29, 0.717) is 10.7 Å². The first-order valence-corrected chi connectivity index (χ1v) is 5.73. The molecule has 16 heavy (non-hydrogen) atoms. The van der Waals surface area contributed by atoms with Crippen LogP contribution in [0.5, 0.6) is 0 Å². The van der Waals surface area contributed by atoms with E-state index < -0.39 is 4.92 Å². The van der Waals surface area contributed by atoms with Crippen LogP contribution in [-0.2, 0) is 0 Å². The Morgan fingerprint density at radius 2 is 2.25 bits per heavy atom. The van der Waals surface area contributed by atoms with E-state index in [4.69, 9.17) is 11.6 Å². The fourth-order valence-corrected chi connectivity index (χ4v) is 1.88. The Kier molecular flexibility index (Phi) is 3.29. The number of nitrogens with one attached hydrogen (secondary N) is 1. The van der Waals surface area contributed by atoms with Gasteiger partial charge in [0.25, 0.3) is 5.69 Å². The summed E-state index contributed by atoms with van der Waals surface area (Å²) in [7, 11) is 0. The van der Waals surface area contributed by atoms with Crippen molar-refractivity contribution in [1.29, 1.82) is 0 Å². The number of anilines is 1. The van der Waals surface area contributed by atoms with Gasteiger partial charge < -0.3 is 5.32 Å². The quantitative estimate of drug-likeness (QED) is 0.633. The molecular formula is C11H13ClN2O2. The molecule has 0 aromatic heterocycles. The summed E-state index contributed by atoms with van der Waals surface area (Å²) in [5, 5.41) is 14.3. The number of hydrogen-bond donors (Lipinski definition) is 1. The number of para-hydroxylation sites is 1. The normalized spacial score (nSPS) is 14.8. The van der Waals surface area contributed by atoms with Crippen LogP contribution in [0, 0.1) is 16.0 Å². The number of nitro groups is 1. The smallest absolute Gasteiger partial charge is 0.293 e. The second-order valence-electron chi connectivity index (χ2n) is 4.05. The molecule has 4 nitrogen and oxygen atoms in total. The first-order chi connectivity index (χ1) is 7.68. The summed E-state index contributed by atoms with van der Waals surface area (Å²) in [5.74, 6) is 0.800. The Balaban J connectivity index is 2.06. The number of nitro benzene ring substituents is 1. The molecule has 1 aliphatic rings. The Morgan fingerprint density at radius 1 is 1.50 bits per heavy atom. The monoisotopic (exact) mass is 240 g/mol. The molecule has 86 valence electrons. The predicted octanol–water partition coefficient (Wildman–Crippen LogP) is 3.46. The fraction of sp³-hybridized carbons (Fsp3) is 0.455. The summed E-state index contributed by atoms with van der Waals surface area (Å²) in [6, 6.07) is 4.71. The van der Waals surface area contributed by atoms with Crippen molar-refractivity contribution in [2.24, 2.45) is 5.92 Å². The second kappa shape index (κ2) is 4.70. The van der Waals surface area contributed by atoms with E-state index in [9.17, 15) is 10.1 Å². The second-order valence-corrected chi connectivity index (χ2v) is 4.46. The molecule has 1 aromatic rings. The lowest BCUT2D eigenvalue weighted by Gasteiger charge is -2.08. The molecule has 1 fully saturated rings. The SMILES string of the molecule is O=[N+]([O-])c1cccc(Cl)c1NCCC1CC1. The van der Waals surface area contributed by atoms with Crippen LogP contribution in [0.15, 0.2) is 18.2 Å². The Morgan fingerprint density at radius 3 is 2.88 bits per heavy atom. The number of hydrogen-bond acceptors (Lipinski definition) is 3. The van der Waals surface area contributed by atoms with Crippen molar-refractivity contribution in [1.82, 2.24) is 0 Å². The number of nitrogens with zero attached hydrogens (tertiary/aromatic N) is 1. The highest BCUT2D eigenvalue weighted by Gasteiger charge is 2.21. The molecule has 1 N–H and O–H groups in total. The zero-order chi connectivity index (χ0) is 11.5. The maximum Gasteiger partial charge on any atom is 0.293 e. The van der Waals surface area contributed by atoms with Gasteiger partial charge in [-0.05, 0) is 18.4 Å². The summed E-state index contributed by atoms with van der Waals surface area (Å²) >= 11 is 5.94. The van der Waals surface area contributed by atoms with Crippen molar-refractivity contribution < 1.29 is 4.92 Å². The van der Waals surface area contributed by atoms with Gasteiger partial charge in [-0.25, -0.2) is 0 Å². The van der Waals surface area contributed by atoms with Gasteiger partial charge in [-0.1, -0.05) is 30.5 Å². The largest absolute Gasteiger partial charge is 0.378 e. The van der Waals surface area contributed by atoms with Gasteiger partial charge >= 0.3 is 0 Å². The molecule has 0 spiro atoms. The molecule has 0 bridgehead atoms. The van der Waals surface area contributed by atoms with Gasteiger partial charge in [-0.3, -0.25) is 10.1 Å². The molecule has 0 atom stereocenters. The molecule has 5 heteroatoms. The Bertz CT molecular complexity index is 405. The zero-order valence-corrected chi connectivity index (χ0v) is 9.54. The van der Waals surface area contributed by atoms with E-state index in [1.165, 1.54) is 18.9 Å². The molecular weight excluding hydrogens is 228 g/mol. The maximum atomic E-state index is 10.8. The van der Waals surface area contributed by atoms with Crippen molar-refractivity contribution in [2.45, 2.75) is 19.3 Å². The van der Waals surface area contributed by atoms with E-state index in [2.05, 4.69) is 5.32 Å². The number of halogens is 1. The third kappa shape index (κ3) is 2.64. The highest BCUT2D eigenvalue weighted by Crippen LogP contribution is 2.34. The van der Waals surface area contributed by atoms with Crippen LogP contribution in [0.2, 0.25) is 5.02 Å². The summed E-state index contributed by atoms with van der Waals surface area (Å²) in [5.41, 5.74) is 0.484. The van der Waals surface area contributed by atoms with Gasteiger partial charge in [0, 0.05) is 12.6 Å². The minimum Gasteiger partial charge on any atom is -0.378 e. The van der Waals surface area contributed by atoms with Crippen LogP contribution in [0.3, 0.4) is 0 Å². The molecule has 0 saturated heterocycles. The summed E-state index contributed by atoms with van der Waals surface area (Å²) < 4.78 is 0. The van der Waals surface area contributed by atoms with E-state index in [1.807, 2.05) is 0 Å². The fourth-order valence-electron chi connectivity index (χ4n) is 1.65. The minimum atomic E-state index is -0.411. The minimum absolute atomic E-state index is 0.0447. The first-order valence-electron chi connectivity index (χ1n) is 5.35. The standard InChI is InChI=1S/C11H13ClN2O2/c12-9-2-1-3-10(14(15)16)11(9)13-7-6-8-4-5-8/h1-3,8,13H,4-7H2. The van der Waals surface area contributed by atoms with Crippen LogP contribution in [0.25, 0.3) is 0 Å². The zero-order valence-electron chi connectivity index (χ0n) is 8.78. The van der Waals surface area contributed by atoms with E-state index >= 15 is 0 Å². The summed E-state index contributed by atoms with van der Waals surface area (Å²) in [4.78, 5) is 10.4. The van der Waals surface area contributed by atoms with Crippen molar-refractivity contribution >= 4 is 23.0 Å². The van der Waals surface area contributed by atoms with Crippen LogP contribution in [0.4, 0.5) is 11.4 Å². The Hall–Kier alpha value is -1.29. The maximum absolute atomic E-state index is 10.8. The third-order valence-corrected chi connectivity index (χ3v) is 3.05. The average Bonchev–Trinajstić information content (AvgIpc) is 3.04. The third-order valence-electron chi connectivity index (χ3n) is 2.74. The highest BCUT2D eigenvalue weighted by molar-refractivity contribution is 6.33. The average molecular weight is 241 g/mol. The predicted molar refractivity (Wildman–Crippen MR) is 63.9 cm³/mol. The molecule has 2 rings (SSSR count). The van der Waals surface area contributed by atoms with Crippen LogP contribution < -0.4 is 5.32 Å². The lowest BCUT2D eigenvalue weighted by Crippen LogP contribution is -2.05. The van der Waals surface area contributed by atoms with Crippen molar-refractivity contribution in [3.05, 3.63) is 33.3 Å². The van der Waals surface area contributed by atoms with E-state index in [1.54, 1.807) is 12.1 Å². The van der Waals surface area contributed by atoms with Gasteiger partial charge in [0.1, 0.15) is 5.69 Å². The topological polar surface area (TPSA) is 55.2 Å². The molecule has 0 aliphatic heterocycles. The molecule has 0 radical (unpaired) electrons. The van der Waals surface area contributed by atoms with Crippen molar-refractivity contribution in [3.63, 3.8) is 0 Å². The molecule has 0 amide bonds. The molecule has 0 unspecified atom stereocenters. The van der Waals surface area contributed by atoms with Crippen LogP contribution in [0.1, 0.15) is 19.3 Å². The van der Waals surface area contributed by atoms with Crippen molar-refractivity contribution in [3.8, 4) is 0 Å². The van der Waals surface area contributed by atoms with Gasteiger partial charge in [-0.15, -0.1) is 0 Å². The van der Waals surface area contributed by atoms with Crippen LogP contribution in [-0.4, -0.2) is 11.5 Å². The highest BCUT2D eigenvalue weighted by atomic mass is 35.5. The first kappa shape index (κ1) is 11.2. The lowest BCUT2D eigenvalue weighted by molar-refractivity contribution is -0.383. The number of rotatable bonds is 5. The van der Waals surface area contributed by atoms with Crippen LogP contribution >= 0.6 is 11.6 Å². The molecule has 1 saturated carbocycles. The summed E-state index contributed by atoms with van der Waals surface area (Å²) in [6.45, 7) is 0.745. The van der Waals surface area contributed by atoms with Gasteiger partial charge in [-0.2, -0.15) is 0 Å². The molecule has 1 aliphatic carbocycles. The van der Waals surface area contributed by atoms with E-state index in [-0.39, 0.29) is 5.69 Å². The van der Waals surface area contributed by atoms with Gasteiger partial charge in [0.2, 0.25) is 0 Å². The molecule has 1 aromatic carbocycles. The molecule has 0 heterocycles. The number of benzene rings is 1. The Labute approximate surface area is 98.8 Å². The van der Waals surface area contributed by atoms with Crippen molar-refractivity contribution in [2.75, 3.05) is 11.9 Å². The van der Waals surface area contributed by atoms with Gasteiger partial charge in [0.15, 0.2) is 0 Å².